The molecule has 0 unspecified atom stereocenters. The van der Waals surface area contributed by atoms with Crippen LogP contribution >= 0.6 is 0 Å². The molecule has 0 atom stereocenters. The third-order valence-electron chi connectivity index (χ3n) is 6.39. The summed E-state index contributed by atoms with van der Waals surface area (Å²) in [6, 6.07) is 0. The normalized spacial score (nSPS) is 17.5. The van der Waals surface area contributed by atoms with Crippen molar-refractivity contribution in [2.45, 2.75) is 110 Å². The first-order valence-corrected chi connectivity index (χ1v) is 13.7. The third kappa shape index (κ3) is 16.5. The van der Waals surface area contributed by atoms with Crippen LogP contribution in [0.4, 0.5) is 0 Å². The van der Waals surface area contributed by atoms with Gasteiger partial charge in [0, 0.05) is 26.2 Å². The van der Waals surface area contributed by atoms with E-state index in [4.69, 9.17) is 0 Å². The van der Waals surface area contributed by atoms with Crippen LogP contribution in [0.15, 0.2) is 0 Å². The van der Waals surface area contributed by atoms with Gasteiger partial charge in [0.25, 0.3) is 0 Å². The maximum Gasteiger partial charge on any atom is 0.232 e. The average molecular weight is 453 g/mol. The minimum absolute atomic E-state index is 0.121. The van der Waals surface area contributed by atoms with Crippen molar-refractivity contribution >= 4 is 11.8 Å². The summed E-state index contributed by atoms with van der Waals surface area (Å²) in [4.78, 5) is 25.1. The smallest absolute Gasteiger partial charge is 0.232 e. The Labute approximate surface area is 197 Å². The van der Waals surface area contributed by atoms with Crippen LogP contribution < -0.4 is 21.3 Å². The molecule has 0 aromatic rings. The number of hydrogen-bond acceptors (Lipinski definition) is 4. The monoisotopic (exact) mass is 452 g/mol. The number of carbonyl (C=O) groups excluding carboxylic acids is 2. The van der Waals surface area contributed by atoms with E-state index < -0.39 is 5.92 Å². The van der Waals surface area contributed by atoms with Crippen LogP contribution in [0.1, 0.15) is 110 Å². The fourth-order valence-electron chi connectivity index (χ4n) is 4.31. The number of amides is 2. The van der Waals surface area contributed by atoms with E-state index in [0.717, 1.165) is 45.4 Å². The number of nitrogens with one attached hydrogen (secondary N) is 4. The van der Waals surface area contributed by atoms with E-state index in [1.807, 2.05) is 0 Å². The summed E-state index contributed by atoms with van der Waals surface area (Å²) < 4.78 is 0. The molecular formula is C26H52N4O2. The summed E-state index contributed by atoms with van der Waals surface area (Å²) in [5, 5.41) is 12.5. The Morgan fingerprint density at radius 2 is 0.969 bits per heavy atom. The molecule has 1 heterocycles. The van der Waals surface area contributed by atoms with E-state index in [0.29, 0.717) is 19.5 Å². The van der Waals surface area contributed by atoms with E-state index in [9.17, 15) is 9.59 Å². The van der Waals surface area contributed by atoms with Gasteiger partial charge in [-0.25, -0.2) is 0 Å². The molecule has 1 saturated heterocycles. The van der Waals surface area contributed by atoms with Crippen molar-refractivity contribution in [1.82, 2.24) is 21.3 Å². The molecule has 1 aliphatic heterocycles. The largest absolute Gasteiger partial charge is 0.354 e. The molecule has 2 amide bonds. The predicted octanol–water partition coefficient (Wildman–Crippen LogP) is 4.29. The first kappa shape index (κ1) is 28.9. The molecule has 0 aromatic carbocycles. The van der Waals surface area contributed by atoms with Crippen LogP contribution in [0.25, 0.3) is 0 Å². The molecule has 0 aliphatic carbocycles. The van der Waals surface area contributed by atoms with Crippen LogP contribution in [0.3, 0.4) is 0 Å². The summed E-state index contributed by atoms with van der Waals surface area (Å²) in [5.41, 5.74) is 0. The Bertz CT molecular complexity index is 435. The molecule has 1 rings (SSSR count). The van der Waals surface area contributed by atoms with Crippen LogP contribution in [-0.2, 0) is 9.59 Å². The van der Waals surface area contributed by atoms with Crippen molar-refractivity contribution < 1.29 is 9.59 Å². The molecular weight excluding hydrogens is 400 g/mol. The molecule has 4 N–H and O–H groups in total. The summed E-state index contributed by atoms with van der Waals surface area (Å²) in [7, 11) is 0. The molecule has 0 saturated carbocycles. The molecule has 0 aromatic heterocycles. The van der Waals surface area contributed by atoms with E-state index in [1.165, 1.54) is 77.0 Å². The zero-order valence-corrected chi connectivity index (χ0v) is 21.0. The van der Waals surface area contributed by atoms with E-state index in [2.05, 4.69) is 28.2 Å². The topological polar surface area (TPSA) is 82.3 Å². The Morgan fingerprint density at radius 1 is 0.562 bits per heavy atom. The summed E-state index contributed by atoms with van der Waals surface area (Å²) in [6.07, 6.45) is 20.0. The predicted molar refractivity (Wildman–Crippen MR) is 135 cm³/mol. The first-order valence-electron chi connectivity index (χ1n) is 13.7. The minimum atomic E-state index is -0.560. The molecule has 1 aliphatic rings. The van der Waals surface area contributed by atoms with Gasteiger partial charge in [-0.3, -0.25) is 9.59 Å². The second-order valence-electron chi connectivity index (χ2n) is 9.37. The highest BCUT2D eigenvalue weighted by Crippen LogP contribution is 2.15. The summed E-state index contributed by atoms with van der Waals surface area (Å²) in [6.45, 7) is 6.81. The molecule has 32 heavy (non-hydrogen) atoms. The number of unbranched alkanes of at least 4 members (excludes halogenated alkanes) is 13. The lowest BCUT2D eigenvalue weighted by Crippen LogP contribution is -2.45. The fourth-order valence-corrected chi connectivity index (χ4v) is 4.31. The lowest BCUT2D eigenvalue weighted by Gasteiger charge is -2.18. The van der Waals surface area contributed by atoms with Gasteiger partial charge in [-0.2, -0.15) is 0 Å². The van der Waals surface area contributed by atoms with Gasteiger partial charge in [-0.15, -0.1) is 0 Å². The van der Waals surface area contributed by atoms with E-state index in [-0.39, 0.29) is 11.8 Å². The standard InChI is InChI=1S/C26H52N4O2/c1-2-3-4-5-6-7-8-9-10-11-12-13-14-15-17-24-25(31)29-22-20-27-18-16-19-28-21-23-30-26(24)32/h24,27-28H,2-23H2,1H3,(H,29,31)(H,30,32). The highest BCUT2D eigenvalue weighted by molar-refractivity contribution is 6.00. The molecule has 1 fully saturated rings. The van der Waals surface area contributed by atoms with E-state index in [1.54, 1.807) is 0 Å². The van der Waals surface area contributed by atoms with Crippen LogP contribution in [0, 0.1) is 5.92 Å². The van der Waals surface area contributed by atoms with Gasteiger partial charge in [0.15, 0.2) is 0 Å². The minimum Gasteiger partial charge on any atom is -0.354 e. The Balaban J connectivity index is 2.10. The van der Waals surface area contributed by atoms with Gasteiger partial charge < -0.3 is 21.3 Å². The average Bonchev–Trinajstić information content (AvgIpc) is 2.79. The Kier molecular flexibility index (Phi) is 19.6. The maximum atomic E-state index is 12.5. The zero-order valence-electron chi connectivity index (χ0n) is 21.0. The first-order chi connectivity index (χ1) is 15.8. The maximum absolute atomic E-state index is 12.5. The third-order valence-corrected chi connectivity index (χ3v) is 6.39. The summed E-state index contributed by atoms with van der Waals surface area (Å²) in [5.74, 6) is -0.803. The van der Waals surface area contributed by atoms with Gasteiger partial charge in [-0.1, -0.05) is 96.8 Å². The Hall–Kier alpha value is -1.14. The van der Waals surface area contributed by atoms with Crippen molar-refractivity contribution in [3.05, 3.63) is 0 Å². The van der Waals surface area contributed by atoms with Crippen molar-refractivity contribution in [3.63, 3.8) is 0 Å². The Morgan fingerprint density at radius 3 is 1.41 bits per heavy atom. The molecule has 188 valence electrons. The number of rotatable bonds is 15. The van der Waals surface area contributed by atoms with Gasteiger partial charge in [0.1, 0.15) is 5.92 Å². The quantitative estimate of drug-likeness (QED) is 0.221. The van der Waals surface area contributed by atoms with Crippen molar-refractivity contribution in [2.75, 3.05) is 39.3 Å². The molecule has 6 heteroatoms. The van der Waals surface area contributed by atoms with Gasteiger partial charge in [0.05, 0.1) is 0 Å². The van der Waals surface area contributed by atoms with Crippen molar-refractivity contribution in [3.8, 4) is 0 Å². The van der Waals surface area contributed by atoms with Crippen LogP contribution in [-0.4, -0.2) is 51.1 Å². The van der Waals surface area contributed by atoms with Crippen LogP contribution in [0.2, 0.25) is 0 Å². The molecule has 0 spiro atoms. The number of carbonyl (C=O) groups is 2. The highest BCUT2D eigenvalue weighted by Gasteiger charge is 2.25. The van der Waals surface area contributed by atoms with Gasteiger partial charge in [0.2, 0.25) is 11.8 Å². The van der Waals surface area contributed by atoms with Crippen molar-refractivity contribution in [1.29, 1.82) is 0 Å². The fraction of sp³-hybridized carbons (Fsp3) is 0.923. The van der Waals surface area contributed by atoms with Gasteiger partial charge in [-0.05, 0) is 25.9 Å². The van der Waals surface area contributed by atoms with Gasteiger partial charge >= 0.3 is 0 Å². The second kappa shape index (κ2) is 21.7. The highest BCUT2D eigenvalue weighted by atomic mass is 16.2. The second-order valence-corrected chi connectivity index (χ2v) is 9.37. The summed E-state index contributed by atoms with van der Waals surface area (Å²) >= 11 is 0. The van der Waals surface area contributed by atoms with Crippen molar-refractivity contribution in [2.24, 2.45) is 5.92 Å². The molecule has 0 bridgehead atoms. The molecule has 0 radical (unpaired) electrons. The number of hydrogen-bond donors (Lipinski definition) is 4. The molecule has 6 nitrogen and oxygen atoms in total. The lowest BCUT2D eigenvalue weighted by atomic mass is 9.98. The van der Waals surface area contributed by atoms with Crippen LogP contribution in [0.5, 0.6) is 0 Å². The lowest BCUT2D eigenvalue weighted by molar-refractivity contribution is -0.135. The zero-order chi connectivity index (χ0) is 23.1. The van der Waals surface area contributed by atoms with E-state index >= 15 is 0 Å². The SMILES string of the molecule is CCCCCCCCCCCCCCCCC1C(=O)NCCNCCCNCCNC1=O.